The van der Waals surface area contributed by atoms with Crippen molar-refractivity contribution in [3.8, 4) is 0 Å². The Kier molecular flexibility index (Phi) is 9.69. The molecule has 10 heteroatoms. The normalized spacial score (nSPS) is 19.7. The standard InChI is InChI=1S/C19H30N4O3S.2ClH/c1-21(2)27(25,26)16-6-7-18(22-9-4-3-5-10-22)17(12-16)19(24)23-11-8-15(13-20)14-23;;/h6-7,12,15H,3-5,8-11,13-14,20H2,1-2H3;2*1H. The lowest BCUT2D eigenvalue weighted by atomic mass is 10.1. The molecule has 29 heavy (non-hydrogen) atoms. The largest absolute Gasteiger partial charge is 0.371 e. The predicted octanol–water partition coefficient (Wildman–Crippen LogP) is 2.19. The molecule has 3 rings (SSSR count). The monoisotopic (exact) mass is 466 g/mol. The Morgan fingerprint density at radius 2 is 1.79 bits per heavy atom. The van der Waals surface area contributed by atoms with Crippen LogP contribution in [0.2, 0.25) is 0 Å². The summed E-state index contributed by atoms with van der Waals surface area (Å²) >= 11 is 0. The summed E-state index contributed by atoms with van der Waals surface area (Å²) in [6.07, 6.45) is 4.27. The summed E-state index contributed by atoms with van der Waals surface area (Å²) in [7, 11) is -0.592. The van der Waals surface area contributed by atoms with Crippen LogP contribution in [0.15, 0.2) is 23.1 Å². The Morgan fingerprint density at radius 3 is 2.34 bits per heavy atom. The second-order valence-electron chi connectivity index (χ2n) is 7.66. The molecule has 166 valence electrons. The van der Waals surface area contributed by atoms with Crippen LogP contribution < -0.4 is 10.6 Å². The van der Waals surface area contributed by atoms with Crippen molar-refractivity contribution < 1.29 is 13.2 Å². The number of carbonyl (C=O) groups excluding carboxylic acids is 1. The molecule has 0 saturated carbocycles. The number of hydrogen-bond donors (Lipinski definition) is 1. The third kappa shape index (κ3) is 5.55. The average Bonchev–Trinajstić information content (AvgIpc) is 3.16. The zero-order valence-electron chi connectivity index (χ0n) is 17.0. The third-order valence-electron chi connectivity index (χ3n) is 5.58. The van der Waals surface area contributed by atoms with Crippen molar-refractivity contribution in [2.24, 2.45) is 11.7 Å². The first-order valence-corrected chi connectivity index (χ1v) is 11.1. The topological polar surface area (TPSA) is 87.0 Å². The SMILES string of the molecule is CN(C)S(=O)(=O)c1ccc(N2CCCCC2)c(C(=O)N2CCC(CN)C2)c1.Cl.Cl. The molecular weight excluding hydrogens is 435 g/mol. The number of sulfonamides is 1. The molecular formula is C19H32Cl2N4O3S. The van der Waals surface area contributed by atoms with E-state index in [0.29, 0.717) is 31.1 Å². The maximum absolute atomic E-state index is 13.3. The smallest absolute Gasteiger partial charge is 0.256 e. The van der Waals surface area contributed by atoms with Gasteiger partial charge in [0, 0.05) is 46.0 Å². The van der Waals surface area contributed by atoms with Crippen molar-refractivity contribution in [2.75, 3.05) is 51.7 Å². The molecule has 1 aromatic rings. The average molecular weight is 467 g/mol. The molecule has 1 unspecified atom stereocenters. The molecule has 2 heterocycles. The van der Waals surface area contributed by atoms with Gasteiger partial charge in [-0.2, -0.15) is 0 Å². The van der Waals surface area contributed by atoms with Crippen molar-refractivity contribution in [2.45, 2.75) is 30.6 Å². The molecule has 2 aliphatic rings. The maximum atomic E-state index is 13.3. The van der Waals surface area contributed by atoms with Gasteiger partial charge in [0.15, 0.2) is 0 Å². The fraction of sp³-hybridized carbons (Fsp3) is 0.632. The Morgan fingerprint density at radius 1 is 1.14 bits per heavy atom. The van der Waals surface area contributed by atoms with Gasteiger partial charge in [-0.25, -0.2) is 12.7 Å². The molecule has 2 aliphatic heterocycles. The molecule has 0 aliphatic carbocycles. The molecule has 0 radical (unpaired) electrons. The van der Waals surface area contributed by atoms with Crippen molar-refractivity contribution >= 4 is 46.4 Å². The molecule has 2 saturated heterocycles. The van der Waals surface area contributed by atoms with Gasteiger partial charge in [-0.3, -0.25) is 4.79 Å². The van der Waals surface area contributed by atoms with E-state index < -0.39 is 10.0 Å². The highest BCUT2D eigenvalue weighted by Crippen LogP contribution is 2.30. The van der Waals surface area contributed by atoms with Crippen LogP contribution in [0.3, 0.4) is 0 Å². The minimum absolute atomic E-state index is 0. The number of hydrogen-bond acceptors (Lipinski definition) is 5. The number of piperidine rings is 1. The van der Waals surface area contributed by atoms with Crippen molar-refractivity contribution in [1.82, 2.24) is 9.21 Å². The second-order valence-corrected chi connectivity index (χ2v) is 9.81. The van der Waals surface area contributed by atoms with Gasteiger partial charge in [-0.15, -0.1) is 24.8 Å². The molecule has 7 nitrogen and oxygen atoms in total. The third-order valence-corrected chi connectivity index (χ3v) is 7.39. The van der Waals surface area contributed by atoms with Gasteiger partial charge in [-0.1, -0.05) is 0 Å². The van der Waals surface area contributed by atoms with Gasteiger partial charge >= 0.3 is 0 Å². The van der Waals surface area contributed by atoms with Crippen molar-refractivity contribution in [3.05, 3.63) is 23.8 Å². The first-order valence-electron chi connectivity index (χ1n) is 9.65. The minimum atomic E-state index is -3.60. The minimum Gasteiger partial charge on any atom is -0.371 e. The number of likely N-dealkylation sites (tertiary alicyclic amines) is 1. The fourth-order valence-corrected chi connectivity index (χ4v) is 4.78. The van der Waals surface area contributed by atoms with Crippen LogP contribution in [-0.4, -0.2) is 70.3 Å². The van der Waals surface area contributed by atoms with Gasteiger partial charge in [0.2, 0.25) is 10.0 Å². The zero-order valence-corrected chi connectivity index (χ0v) is 19.5. The van der Waals surface area contributed by atoms with Crippen LogP contribution in [0, 0.1) is 5.92 Å². The van der Waals surface area contributed by atoms with E-state index in [1.165, 1.54) is 24.8 Å². The lowest BCUT2D eigenvalue weighted by Crippen LogP contribution is -2.35. The van der Waals surface area contributed by atoms with Crippen LogP contribution in [0.5, 0.6) is 0 Å². The van der Waals surface area contributed by atoms with E-state index in [1.807, 2.05) is 4.90 Å². The van der Waals surface area contributed by atoms with E-state index in [9.17, 15) is 13.2 Å². The lowest BCUT2D eigenvalue weighted by molar-refractivity contribution is 0.0788. The molecule has 1 aromatic carbocycles. The van der Waals surface area contributed by atoms with E-state index in [-0.39, 0.29) is 35.6 Å². The van der Waals surface area contributed by atoms with Gasteiger partial charge in [-0.05, 0) is 56.3 Å². The molecule has 0 bridgehead atoms. The molecule has 0 aromatic heterocycles. The number of carbonyl (C=O) groups is 1. The summed E-state index contributed by atoms with van der Waals surface area (Å²) in [6.45, 7) is 3.67. The quantitative estimate of drug-likeness (QED) is 0.718. The van der Waals surface area contributed by atoms with E-state index in [2.05, 4.69) is 4.90 Å². The van der Waals surface area contributed by atoms with Gasteiger partial charge < -0.3 is 15.5 Å². The highest BCUT2D eigenvalue weighted by molar-refractivity contribution is 7.89. The number of nitrogens with two attached hydrogens (primary N) is 1. The summed E-state index contributed by atoms with van der Waals surface area (Å²) in [5, 5.41) is 0. The van der Waals surface area contributed by atoms with E-state index in [1.54, 1.807) is 18.2 Å². The lowest BCUT2D eigenvalue weighted by Gasteiger charge is -2.31. The van der Waals surface area contributed by atoms with Gasteiger partial charge in [0.05, 0.1) is 10.5 Å². The van der Waals surface area contributed by atoms with Gasteiger partial charge in [0.1, 0.15) is 0 Å². The Bertz CT molecular complexity index is 799. The summed E-state index contributed by atoms with van der Waals surface area (Å²) < 4.78 is 26.3. The zero-order chi connectivity index (χ0) is 19.6. The number of anilines is 1. The maximum Gasteiger partial charge on any atom is 0.256 e. The number of nitrogens with zero attached hydrogens (tertiary/aromatic N) is 3. The van der Waals surface area contributed by atoms with Crippen molar-refractivity contribution in [1.29, 1.82) is 0 Å². The second kappa shape index (κ2) is 10.8. The molecule has 2 N–H and O–H groups in total. The molecule has 0 spiro atoms. The van der Waals surface area contributed by atoms with Crippen LogP contribution in [-0.2, 0) is 10.0 Å². The molecule has 1 atom stereocenters. The summed E-state index contributed by atoms with van der Waals surface area (Å²) in [4.78, 5) is 17.4. The predicted molar refractivity (Wildman–Crippen MR) is 121 cm³/mol. The number of halogens is 2. The summed E-state index contributed by atoms with van der Waals surface area (Å²) in [5.41, 5.74) is 7.09. The molecule has 1 amide bonds. The summed E-state index contributed by atoms with van der Waals surface area (Å²) in [6, 6.07) is 4.96. The fourth-order valence-electron chi connectivity index (χ4n) is 3.85. The molecule has 2 fully saturated rings. The highest BCUT2D eigenvalue weighted by Gasteiger charge is 2.30. The Balaban J connectivity index is 0.00000210. The van der Waals surface area contributed by atoms with E-state index in [0.717, 1.165) is 38.0 Å². The highest BCUT2D eigenvalue weighted by atomic mass is 35.5. The number of amides is 1. The van der Waals surface area contributed by atoms with Gasteiger partial charge in [0.25, 0.3) is 5.91 Å². The first kappa shape index (κ1) is 26.0. The van der Waals surface area contributed by atoms with Crippen LogP contribution >= 0.6 is 24.8 Å². The van der Waals surface area contributed by atoms with Crippen LogP contribution in [0.1, 0.15) is 36.0 Å². The van der Waals surface area contributed by atoms with Crippen LogP contribution in [0.25, 0.3) is 0 Å². The van der Waals surface area contributed by atoms with E-state index >= 15 is 0 Å². The summed E-state index contributed by atoms with van der Waals surface area (Å²) in [5.74, 6) is 0.225. The Labute approximate surface area is 186 Å². The van der Waals surface area contributed by atoms with Crippen LogP contribution in [0.4, 0.5) is 5.69 Å². The van der Waals surface area contributed by atoms with E-state index in [4.69, 9.17) is 5.73 Å². The first-order chi connectivity index (χ1) is 12.8. The number of rotatable bonds is 5. The Hall–Kier alpha value is -1.06. The van der Waals surface area contributed by atoms with Crippen molar-refractivity contribution in [3.63, 3.8) is 0 Å². The number of benzene rings is 1.